The van der Waals surface area contributed by atoms with Crippen molar-refractivity contribution in [2.45, 2.75) is 122 Å². The Bertz CT molecular complexity index is 863. The van der Waals surface area contributed by atoms with Crippen LogP contribution in [0.3, 0.4) is 0 Å². The van der Waals surface area contributed by atoms with Gasteiger partial charge < -0.3 is 15.3 Å². The van der Waals surface area contributed by atoms with Gasteiger partial charge in [0.05, 0.1) is 12.0 Å². The van der Waals surface area contributed by atoms with Crippen molar-refractivity contribution < 1.29 is 28.9 Å². The van der Waals surface area contributed by atoms with Crippen LogP contribution in [-0.4, -0.2) is 38.4 Å². The molecule has 4 nitrogen and oxygen atoms in total. The molecule has 3 fully saturated rings. The second-order valence-electron chi connectivity index (χ2n) is 13.7. The molecule has 0 saturated heterocycles. The number of carboxylic acids is 1. The van der Waals surface area contributed by atoms with E-state index in [0.717, 1.165) is 38.5 Å². The topological polar surface area (TPSA) is 77.8 Å². The van der Waals surface area contributed by atoms with Crippen LogP contribution >= 0.6 is 0 Å². The maximum Gasteiger partial charge on any atom is 0.306 e. The molecule has 3 saturated carbocycles. The number of rotatable bonds is 7. The Morgan fingerprint density at radius 1 is 1.14 bits per heavy atom. The largest absolute Gasteiger partial charge is 0.481 e. The van der Waals surface area contributed by atoms with E-state index in [0.29, 0.717) is 42.9 Å². The highest BCUT2D eigenvalue weighted by atomic mass is 19.3. The molecule has 4 aliphatic carbocycles. The van der Waals surface area contributed by atoms with Crippen molar-refractivity contribution in [2.75, 3.05) is 0 Å². The molecule has 0 radical (unpaired) electrons. The summed E-state index contributed by atoms with van der Waals surface area (Å²) in [6.07, 6.45) is 9.57. The molecular formula is C29H46F2O4. The lowest BCUT2D eigenvalue weighted by Gasteiger charge is -2.59. The van der Waals surface area contributed by atoms with Crippen LogP contribution in [0.4, 0.5) is 8.78 Å². The van der Waals surface area contributed by atoms with Gasteiger partial charge >= 0.3 is 5.97 Å². The molecule has 3 N–H and O–H groups in total. The minimum absolute atomic E-state index is 0.0213. The highest BCUT2D eigenvalue weighted by molar-refractivity contribution is 5.68. The van der Waals surface area contributed by atoms with E-state index in [1.807, 2.05) is 0 Å². The Kier molecular flexibility index (Phi) is 6.79. The summed E-state index contributed by atoms with van der Waals surface area (Å²) >= 11 is 0. The molecule has 0 heterocycles. The average Bonchev–Trinajstić information content (AvgIpc) is 3.08. The van der Waals surface area contributed by atoms with Crippen LogP contribution < -0.4 is 0 Å². The van der Waals surface area contributed by atoms with Crippen molar-refractivity contribution in [1.29, 1.82) is 0 Å². The summed E-state index contributed by atoms with van der Waals surface area (Å²) in [5.74, 6) is -1.70. The fourth-order valence-electron chi connectivity index (χ4n) is 9.04. The fourth-order valence-corrected chi connectivity index (χ4v) is 9.04. The number of halogens is 2. The number of hydrogen-bond donors (Lipinski definition) is 3. The van der Waals surface area contributed by atoms with Crippen molar-refractivity contribution in [1.82, 2.24) is 0 Å². The Labute approximate surface area is 209 Å². The molecule has 4 rings (SSSR count). The SMILES string of the molecule is C[C@H](CCC(F)(F)C(C)(C)O)[C@H]1CC[C@H]2[C@@H]3CC=C4C[C@@](O)(CC(=O)O)CC[C@]4(C)[C@H]3CC[C@]12C. The lowest BCUT2D eigenvalue weighted by Crippen LogP contribution is -2.52. The van der Waals surface area contributed by atoms with E-state index in [2.05, 4.69) is 26.8 Å². The zero-order valence-corrected chi connectivity index (χ0v) is 22.2. The molecule has 0 amide bonds. The third kappa shape index (κ3) is 4.60. The van der Waals surface area contributed by atoms with Crippen molar-refractivity contribution >= 4 is 5.97 Å². The van der Waals surface area contributed by atoms with Crippen LogP contribution in [0.1, 0.15) is 105 Å². The molecular weight excluding hydrogens is 450 g/mol. The molecule has 0 spiro atoms. The fraction of sp³-hybridized carbons (Fsp3) is 0.897. The van der Waals surface area contributed by atoms with Crippen LogP contribution in [0.5, 0.6) is 0 Å². The van der Waals surface area contributed by atoms with E-state index in [4.69, 9.17) is 0 Å². The standard InChI is InChI=1S/C29H46F2O4/c1-18(10-13-29(30,31)25(2,3)34)21-8-9-22-20-7-6-19-16-28(35,17-24(32)33)15-14-26(19,4)23(20)11-12-27(21,22)5/h6,18,20-23,34-35H,7-17H2,1-5H3,(H,32,33)/t18-,20+,21-,22+,23+,26+,27-,28-/m1/s1. The van der Waals surface area contributed by atoms with Gasteiger partial charge in [0.2, 0.25) is 0 Å². The van der Waals surface area contributed by atoms with Crippen LogP contribution in [0, 0.1) is 40.4 Å². The third-order valence-electron chi connectivity index (χ3n) is 11.3. The van der Waals surface area contributed by atoms with Crippen LogP contribution in [-0.2, 0) is 4.79 Å². The first-order valence-corrected chi connectivity index (χ1v) is 13.8. The molecule has 0 bridgehead atoms. The summed E-state index contributed by atoms with van der Waals surface area (Å²) in [6, 6.07) is 0. The van der Waals surface area contributed by atoms with E-state index in [-0.39, 0.29) is 29.6 Å². The van der Waals surface area contributed by atoms with Gasteiger partial charge in [-0.2, -0.15) is 0 Å². The van der Waals surface area contributed by atoms with Gasteiger partial charge in [-0.1, -0.05) is 32.4 Å². The summed E-state index contributed by atoms with van der Waals surface area (Å²) < 4.78 is 28.9. The van der Waals surface area contributed by atoms with Crippen molar-refractivity contribution in [3.05, 3.63) is 11.6 Å². The van der Waals surface area contributed by atoms with E-state index in [9.17, 15) is 28.9 Å². The summed E-state index contributed by atoms with van der Waals surface area (Å²) in [4.78, 5) is 11.3. The van der Waals surface area contributed by atoms with E-state index < -0.39 is 23.1 Å². The number of allylic oxidation sites excluding steroid dienone is 1. The first kappa shape index (κ1) is 27.0. The zero-order valence-electron chi connectivity index (χ0n) is 22.2. The Balaban J connectivity index is 1.48. The number of fused-ring (bicyclic) bond motifs is 5. The van der Waals surface area contributed by atoms with Gasteiger partial charge in [-0.3, -0.25) is 4.79 Å². The number of carbonyl (C=O) groups is 1. The minimum Gasteiger partial charge on any atom is -0.481 e. The predicted octanol–water partition coefficient (Wildman–Crippen LogP) is 6.59. The molecule has 200 valence electrons. The second-order valence-corrected chi connectivity index (χ2v) is 13.7. The Hall–Kier alpha value is -1.01. The first-order valence-electron chi connectivity index (χ1n) is 13.8. The number of aliphatic carboxylic acids is 1. The number of aliphatic hydroxyl groups is 2. The minimum atomic E-state index is -3.08. The van der Waals surface area contributed by atoms with Crippen LogP contribution in [0.2, 0.25) is 0 Å². The molecule has 35 heavy (non-hydrogen) atoms. The Morgan fingerprint density at radius 3 is 2.46 bits per heavy atom. The van der Waals surface area contributed by atoms with Gasteiger partial charge in [0.25, 0.3) is 5.92 Å². The van der Waals surface area contributed by atoms with Crippen molar-refractivity contribution in [3.63, 3.8) is 0 Å². The average molecular weight is 497 g/mol. The summed E-state index contributed by atoms with van der Waals surface area (Å²) in [5, 5.41) is 30.1. The molecule has 0 aliphatic heterocycles. The molecule has 6 heteroatoms. The van der Waals surface area contributed by atoms with E-state index >= 15 is 0 Å². The maximum atomic E-state index is 14.4. The number of alkyl halides is 2. The maximum absolute atomic E-state index is 14.4. The van der Waals surface area contributed by atoms with Gasteiger partial charge in [-0.15, -0.1) is 0 Å². The highest BCUT2D eigenvalue weighted by Gasteiger charge is 2.60. The normalized spacial score (nSPS) is 42.5. The first-order chi connectivity index (χ1) is 16.0. The monoisotopic (exact) mass is 496 g/mol. The van der Waals surface area contributed by atoms with Gasteiger partial charge in [-0.25, -0.2) is 8.78 Å². The van der Waals surface area contributed by atoms with Crippen LogP contribution in [0.15, 0.2) is 11.6 Å². The van der Waals surface area contributed by atoms with Gasteiger partial charge in [0, 0.05) is 6.42 Å². The molecule has 0 aromatic rings. The number of hydrogen-bond acceptors (Lipinski definition) is 3. The van der Waals surface area contributed by atoms with Gasteiger partial charge in [0.15, 0.2) is 0 Å². The third-order valence-corrected chi connectivity index (χ3v) is 11.3. The molecule has 0 unspecified atom stereocenters. The van der Waals surface area contributed by atoms with Crippen LogP contribution in [0.25, 0.3) is 0 Å². The van der Waals surface area contributed by atoms with Crippen molar-refractivity contribution in [2.24, 2.45) is 40.4 Å². The predicted molar refractivity (Wildman–Crippen MR) is 132 cm³/mol. The number of carboxylic acid groups (broad SMARTS) is 1. The molecule has 0 aromatic heterocycles. The smallest absolute Gasteiger partial charge is 0.306 e. The van der Waals surface area contributed by atoms with Gasteiger partial charge in [0.1, 0.15) is 5.60 Å². The molecule has 4 aliphatic rings. The lowest BCUT2D eigenvalue weighted by atomic mass is 9.46. The highest BCUT2D eigenvalue weighted by Crippen LogP contribution is 2.68. The van der Waals surface area contributed by atoms with Crippen molar-refractivity contribution in [3.8, 4) is 0 Å². The second kappa shape index (κ2) is 8.79. The molecule has 0 aromatic carbocycles. The van der Waals surface area contributed by atoms with Gasteiger partial charge in [-0.05, 0) is 112 Å². The molecule has 8 atom stereocenters. The lowest BCUT2D eigenvalue weighted by molar-refractivity contribution is -0.168. The van der Waals surface area contributed by atoms with E-state index in [1.54, 1.807) is 0 Å². The summed E-state index contributed by atoms with van der Waals surface area (Å²) in [5.41, 5.74) is -1.69. The summed E-state index contributed by atoms with van der Waals surface area (Å²) in [6.45, 7) is 9.28. The quantitative estimate of drug-likeness (QED) is 0.347. The summed E-state index contributed by atoms with van der Waals surface area (Å²) in [7, 11) is 0. The zero-order chi connectivity index (χ0) is 26.0. The van der Waals surface area contributed by atoms with E-state index in [1.165, 1.54) is 19.4 Å². The Morgan fingerprint density at radius 2 is 1.83 bits per heavy atom.